The normalized spacial score (nSPS) is 10.1. The molecule has 1 aromatic carbocycles. The molecule has 1 heterocycles. The molecular weight excluding hydrogens is 220 g/mol. The molecule has 0 saturated heterocycles. The van der Waals surface area contributed by atoms with Gasteiger partial charge < -0.3 is 0 Å². The van der Waals surface area contributed by atoms with Crippen molar-refractivity contribution in [1.82, 2.24) is 9.97 Å². The predicted molar refractivity (Wildman–Crippen MR) is 70.0 cm³/mol. The summed E-state index contributed by atoms with van der Waals surface area (Å²) in [6.07, 6.45) is 1.59. The van der Waals surface area contributed by atoms with E-state index in [9.17, 15) is 0 Å². The molecule has 0 bridgehead atoms. The van der Waals surface area contributed by atoms with E-state index in [1.54, 1.807) is 6.33 Å². The first-order valence-corrected chi connectivity index (χ1v) is 5.96. The molecule has 0 aliphatic rings. The van der Waals surface area contributed by atoms with Crippen molar-refractivity contribution in [3.05, 3.63) is 35.2 Å². The zero-order chi connectivity index (χ0) is 12.1. The van der Waals surface area contributed by atoms with Gasteiger partial charge >= 0.3 is 0 Å². The van der Waals surface area contributed by atoms with Crippen molar-refractivity contribution in [3.63, 3.8) is 0 Å². The summed E-state index contributed by atoms with van der Waals surface area (Å²) in [6.45, 7) is 8.24. The highest BCUT2D eigenvalue weighted by atomic mass is 35.5. The third-order valence-electron chi connectivity index (χ3n) is 2.18. The lowest BCUT2D eigenvalue weighted by Gasteiger charge is -2.07. The summed E-state index contributed by atoms with van der Waals surface area (Å²) in [6, 6.07) is 5.72. The number of fused-ring (bicyclic) bond motifs is 1. The molecule has 1 aromatic heterocycles. The van der Waals surface area contributed by atoms with E-state index in [0.29, 0.717) is 10.9 Å². The van der Waals surface area contributed by atoms with Gasteiger partial charge in [-0.25, -0.2) is 9.97 Å². The molecular formula is C13H17ClN2. The molecule has 0 N–H and O–H groups in total. The van der Waals surface area contributed by atoms with Crippen molar-refractivity contribution in [2.45, 2.75) is 33.6 Å². The van der Waals surface area contributed by atoms with E-state index >= 15 is 0 Å². The third-order valence-corrected chi connectivity index (χ3v) is 2.41. The number of nitrogens with zero attached hydrogens (tertiary/aromatic N) is 2. The van der Waals surface area contributed by atoms with Crippen molar-refractivity contribution >= 4 is 22.5 Å². The fourth-order valence-electron chi connectivity index (χ4n) is 1.51. The summed E-state index contributed by atoms with van der Waals surface area (Å²) >= 11 is 5.89. The molecule has 0 spiro atoms. The second kappa shape index (κ2) is 5.80. The number of benzene rings is 1. The van der Waals surface area contributed by atoms with Crippen LogP contribution in [0.4, 0.5) is 0 Å². The van der Waals surface area contributed by atoms with E-state index in [4.69, 9.17) is 11.6 Å². The van der Waals surface area contributed by atoms with Gasteiger partial charge in [0.2, 0.25) is 0 Å². The van der Waals surface area contributed by atoms with E-state index < -0.39 is 0 Å². The summed E-state index contributed by atoms with van der Waals surface area (Å²) in [5.41, 5.74) is 1.99. The standard InChI is InChI=1S/C11H11ClN2.C2H6/c1-7(2)11-9-4-3-8(12)5-10(9)13-6-14-11;1-2/h3-7H,1-2H3;1-2H3. The Hall–Kier alpha value is -1.15. The summed E-state index contributed by atoms with van der Waals surface area (Å²) in [5.74, 6) is 0.404. The van der Waals surface area contributed by atoms with Crippen LogP contribution in [0.3, 0.4) is 0 Å². The minimum atomic E-state index is 0.404. The average Bonchev–Trinajstić information content (AvgIpc) is 2.30. The van der Waals surface area contributed by atoms with Gasteiger partial charge in [0.25, 0.3) is 0 Å². The van der Waals surface area contributed by atoms with Gasteiger partial charge in [-0.15, -0.1) is 0 Å². The molecule has 0 fully saturated rings. The third kappa shape index (κ3) is 2.70. The molecule has 0 amide bonds. The molecule has 0 aliphatic heterocycles. The lowest BCUT2D eigenvalue weighted by molar-refractivity contribution is 0.828. The summed E-state index contributed by atoms with van der Waals surface area (Å²) in [5, 5.41) is 1.80. The van der Waals surface area contributed by atoms with Gasteiger partial charge in [0.1, 0.15) is 6.33 Å². The fourth-order valence-corrected chi connectivity index (χ4v) is 1.68. The van der Waals surface area contributed by atoms with Crippen LogP contribution in [0.25, 0.3) is 10.9 Å². The number of halogens is 1. The first-order valence-electron chi connectivity index (χ1n) is 5.58. The van der Waals surface area contributed by atoms with Gasteiger partial charge in [-0.2, -0.15) is 0 Å². The van der Waals surface area contributed by atoms with E-state index in [0.717, 1.165) is 16.6 Å². The van der Waals surface area contributed by atoms with E-state index in [1.165, 1.54) is 0 Å². The number of aromatic nitrogens is 2. The molecule has 0 atom stereocenters. The van der Waals surface area contributed by atoms with Gasteiger partial charge in [0, 0.05) is 10.4 Å². The Kier molecular flexibility index (Phi) is 4.69. The van der Waals surface area contributed by atoms with Crippen LogP contribution < -0.4 is 0 Å². The zero-order valence-electron chi connectivity index (χ0n) is 10.2. The molecule has 2 rings (SSSR count). The maximum atomic E-state index is 5.89. The van der Waals surface area contributed by atoms with Gasteiger partial charge in [-0.1, -0.05) is 39.3 Å². The highest BCUT2D eigenvalue weighted by Crippen LogP contribution is 2.23. The lowest BCUT2D eigenvalue weighted by atomic mass is 10.1. The highest BCUT2D eigenvalue weighted by Gasteiger charge is 2.06. The molecule has 0 saturated carbocycles. The summed E-state index contributed by atoms with van der Waals surface area (Å²) in [7, 11) is 0. The molecule has 0 unspecified atom stereocenters. The zero-order valence-corrected chi connectivity index (χ0v) is 10.9. The van der Waals surface area contributed by atoms with Crippen LogP contribution in [0.15, 0.2) is 24.5 Å². The quantitative estimate of drug-likeness (QED) is 0.732. The van der Waals surface area contributed by atoms with Crippen molar-refractivity contribution in [3.8, 4) is 0 Å². The second-order valence-electron chi connectivity index (χ2n) is 3.58. The Morgan fingerprint density at radius 3 is 2.44 bits per heavy atom. The molecule has 0 radical (unpaired) electrons. The molecule has 0 aliphatic carbocycles. The Labute approximate surface area is 102 Å². The topological polar surface area (TPSA) is 25.8 Å². The van der Waals surface area contributed by atoms with Crippen LogP contribution in [-0.4, -0.2) is 9.97 Å². The van der Waals surface area contributed by atoms with Gasteiger partial charge in [0.15, 0.2) is 0 Å². The highest BCUT2D eigenvalue weighted by molar-refractivity contribution is 6.31. The van der Waals surface area contributed by atoms with Crippen molar-refractivity contribution in [1.29, 1.82) is 0 Å². The summed E-state index contributed by atoms with van der Waals surface area (Å²) in [4.78, 5) is 8.47. The van der Waals surface area contributed by atoms with Gasteiger partial charge in [-0.05, 0) is 24.1 Å². The van der Waals surface area contributed by atoms with Crippen LogP contribution in [0.2, 0.25) is 5.02 Å². The van der Waals surface area contributed by atoms with Crippen LogP contribution in [0.1, 0.15) is 39.3 Å². The van der Waals surface area contributed by atoms with Crippen molar-refractivity contribution in [2.24, 2.45) is 0 Å². The molecule has 3 heteroatoms. The largest absolute Gasteiger partial charge is 0.240 e. The predicted octanol–water partition coefficient (Wildman–Crippen LogP) is 4.43. The molecule has 86 valence electrons. The van der Waals surface area contributed by atoms with E-state index in [2.05, 4.69) is 23.8 Å². The monoisotopic (exact) mass is 236 g/mol. The minimum Gasteiger partial charge on any atom is -0.240 e. The maximum Gasteiger partial charge on any atom is 0.116 e. The Balaban J connectivity index is 0.000000606. The van der Waals surface area contributed by atoms with Crippen molar-refractivity contribution in [2.75, 3.05) is 0 Å². The van der Waals surface area contributed by atoms with Gasteiger partial charge in [-0.3, -0.25) is 0 Å². The van der Waals surface area contributed by atoms with Crippen LogP contribution in [0.5, 0.6) is 0 Å². The second-order valence-corrected chi connectivity index (χ2v) is 4.01. The van der Waals surface area contributed by atoms with E-state index in [-0.39, 0.29) is 0 Å². The average molecular weight is 237 g/mol. The number of hydrogen-bond acceptors (Lipinski definition) is 2. The van der Waals surface area contributed by atoms with Crippen LogP contribution in [0, 0.1) is 0 Å². The smallest absolute Gasteiger partial charge is 0.116 e. The maximum absolute atomic E-state index is 5.89. The van der Waals surface area contributed by atoms with Crippen molar-refractivity contribution < 1.29 is 0 Å². The Bertz CT molecular complexity index is 466. The molecule has 16 heavy (non-hydrogen) atoms. The van der Waals surface area contributed by atoms with E-state index in [1.807, 2.05) is 32.0 Å². The van der Waals surface area contributed by atoms with Crippen LogP contribution >= 0.6 is 11.6 Å². The first kappa shape index (κ1) is 12.9. The molecule has 2 aromatic rings. The Morgan fingerprint density at radius 1 is 1.12 bits per heavy atom. The molecule has 2 nitrogen and oxygen atoms in total. The first-order chi connectivity index (χ1) is 7.68. The van der Waals surface area contributed by atoms with Gasteiger partial charge in [0.05, 0.1) is 11.2 Å². The lowest BCUT2D eigenvalue weighted by Crippen LogP contribution is -1.95. The SMILES string of the molecule is CC.CC(C)c1ncnc2cc(Cl)ccc12. The minimum absolute atomic E-state index is 0.404. The summed E-state index contributed by atoms with van der Waals surface area (Å²) < 4.78 is 0. The number of hydrogen-bond donors (Lipinski definition) is 0. The Morgan fingerprint density at radius 2 is 1.81 bits per heavy atom. The fraction of sp³-hybridized carbons (Fsp3) is 0.385. The van der Waals surface area contributed by atoms with Crippen LogP contribution in [-0.2, 0) is 0 Å². The number of rotatable bonds is 1.